The maximum Gasteiger partial charge on any atom is 0.411 e. The molecule has 0 saturated carbocycles. The monoisotopic (exact) mass is 618 g/mol. The van der Waals surface area contributed by atoms with E-state index in [4.69, 9.17) is 81.7 Å². The molecule has 250 valence electrons. The van der Waals surface area contributed by atoms with Crippen LogP contribution in [0.4, 0.5) is 13.2 Å². The number of carbonyl (C=O) groups is 1. The first-order chi connectivity index (χ1) is 18.5. The Morgan fingerprint density at radius 3 is 0.750 bits per heavy atom. The van der Waals surface area contributed by atoms with Gasteiger partial charge in [-0.25, -0.2) is 4.79 Å². The van der Waals surface area contributed by atoms with Crippen LogP contribution in [-0.2, 0) is 9.53 Å². The van der Waals surface area contributed by atoms with Gasteiger partial charge in [0, 0.05) is 0 Å². The molecule has 16 N–H and O–H groups in total. The molecule has 40 heavy (non-hydrogen) atoms. The minimum Gasteiger partial charge on any atom is -0.480 e. The summed E-state index contributed by atoms with van der Waals surface area (Å²) in [5.74, 6) is -1.41. The van der Waals surface area contributed by atoms with Crippen LogP contribution in [0.3, 0.4) is 0 Å². The fourth-order valence-corrected chi connectivity index (χ4v) is 0.543. The highest BCUT2D eigenvalue weighted by Crippen LogP contribution is 2.13. The van der Waals surface area contributed by atoms with Crippen LogP contribution in [0.25, 0.3) is 0 Å². The van der Waals surface area contributed by atoms with Crippen LogP contribution in [0.15, 0.2) is 0 Å². The molecule has 0 spiro atoms. The molecule has 0 aliphatic carbocycles. The highest BCUT2D eigenvalue weighted by atomic mass is 19.4. The van der Waals surface area contributed by atoms with Crippen LogP contribution in [-0.4, -0.2) is 204 Å². The van der Waals surface area contributed by atoms with Crippen molar-refractivity contribution in [2.75, 3.05) is 79.3 Å². The molecule has 0 aromatic heterocycles. The maximum absolute atomic E-state index is 11.2. The van der Waals surface area contributed by atoms with Gasteiger partial charge in [0.2, 0.25) is 0 Å². The number of alkyl halides is 3. The Kier molecular flexibility index (Phi) is 51.1. The van der Waals surface area contributed by atoms with Gasteiger partial charge in [-0.3, -0.25) is 0 Å². The molecule has 0 atom stereocenters. The molecule has 0 aliphatic heterocycles. The third kappa shape index (κ3) is 70.8. The van der Waals surface area contributed by atoms with Crippen molar-refractivity contribution in [2.45, 2.75) is 36.7 Å². The van der Waals surface area contributed by atoms with Gasteiger partial charge >= 0.3 is 12.1 Å². The van der Waals surface area contributed by atoms with Crippen LogP contribution in [0, 0.1) is 0 Å². The Bertz CT molecular complexity index is 387. The third-order valence-corrected chi connectivity index (χ3v) is 2.60. The van der Waals surface area contributed by atoms with E-state index < -0.39 is 55.9 Å². The number of halogens is 3. The molecule has 0 aromatic carbocycles. The van der Waals surface area contributed by atoms with E-state index in [1.165, 1.54) is 0 Å². The van der Waals surface area contributed by atoms with Crippen LogP contribution in [0.5, 0.6) is 0 Å². The SMILES string of the molecule is O=C(O)COCC(F)(F)F.OCC(O)CO.OCC(O)CO.OCC(O)CO.OCC(O)CO.OCC(O)CO. The molecule has 0 fully saturated rings. The number of rotatable bonds is 13. The Balaban J connectivity index is -0.0000000880. The topological polar surface area (TPSA) is 350 Å². The lowest BCUT2D eigenvalue weighted by Crippen LogP contribution is -2.19. The fourth-order valence-electron chi connectivity index (χ4n) is 0.543. The van der Waals surface area contributed by atoms with Crippen molar-refractivity contribution in [3.63, 3.8) is 0 Å². The Hall–Kier alpha value is -1.38. The van der Waals surface area contributed by atoms with Crippen molar-refractivity contribution in [1.29, 1.82) is 0 Å². The predicted octanol–water partition coefficient (Wildman–Crippen LogP) is -7.69. The number of ether oxygens (including phenoxy) is 1. The summed E-state index contributed by atoms with van der Waals surface area (Å²) in [5, 5.41) is 128. The summed E-state index contributed by atoms with van der Waals surface area (Å²) in [5.41, 5.74) is 0. The van der Waals surface area contributed by atoms with Gasteiger partial charge in [0.1, 0.15) is 43.7 Å². The highest BCUT2D eigenvalue weighted by Gasteiger charge is 2.27. The van der Waals surface area contributed by atoms with Crippen molar-refractivity contribution < 1.29 is 104 Å². The summed E-state index contributed by atoms with van der Waals surface area (Å²) in [4.78, 5) is 9.59. The van der Waals surface area contributed by atoms with Gasteiger partial charge in [0.15, 0.2) is 0 Å². The average Bonchev–Trinajstić information content (AvgIpc) is 2.95. The molecule has 0 bridgehead atoms. The van der Waals surface area contributed by atoms with E-state index in [1.807, 2.05) is 0 Å². The molecule has 18 nitrogen and oxygen atoms in total. The van der Waals surface area contributed by atoms with Crippen LogP contribution >= 0.6 is 0 Å². The molecule has 0 unspecified atom stereocenters. The minimum absolute atomic E-state index is 0.365. The van der Waals surface area contributed by atoms with Crippen molar-refractivity contribution in [2.24, 2.45) is 0 Å². The first-order valence-corrected chi connectivity index (χ1v) is 10.8. The number of aliphatic carboxylic acids is 1. The fraction of sp³-hybridized carbons (Fsp3) is 0.947. The lowest BCUT2D eigenvalue weighted by molar-refractivity contribution is -0.179. The quantitative estimate of drug-likeness (QED) is 0.0910. The van der Waals surface area contributed by atoms with E-state index in [0.29, 0.717) is 0 Å². The molecular weight excluding hydrogens is 573 g/mol. The van der Waals surface area contributed by atoms with Crippen molar-refractivity contribution in [1.82, 2.24) is 0 Å². The average molecular weight is 619 g/mol. The molecule has 0 rings (SSSR count). The molecule has 0 aromatic rings. The third-order valence-electron chi connectivity index (χ3n) is 2.60. The number of aliphatic hydroxyl groups is 15. The zero-order valence-corrected chi connectivity index (χ0v) is 21.5. The summed E-state index contributed by atoms with van der Waals surface area (Å²) in [6.07, 6.45) is -9.22. The highest BCUT2D eigenvalue weighted by molar-refractivity contribution is 5.67. The van der Waals surface area contributed by atoms with Gasteiger partial charge in [-0.15, -0.1) is 0 Å². The van der Waals surface area contributed by atoms with E-state index in [9.17, 15) is 18.0 Å². The molecule has 0 amide bonds. The minimum atomic E-state index is -4.45. The molecule has 0 heterocycles. The van der Waals surface area contributed by atoms with Gasteiger partial charge in [0.25, 0.3) is 0 Å². The molecule has 0 saturated heterocycles. The van der Waals surface area contributed by atoms with Crippen molar-refractivity contribution in [3.8, 4) is 0 Å². The first-order valence-electron chi connectivity index (χ1n) is 10.8. The van der Waals surface area contributed by atoms with Crippen molar-refractivity contribution >= 4 is 5.97 Å². The van der Waals surface area contributed by atoms with E-state index in [1.54, 1.807) is 0 Å². The summed E-state index contributed by atoms with van der Waals surface area (Å²) < 4.78 is 37.3. The lowest BCUT2D eigenvalue weighted by Gasteiger charge is -2.04. The predicted molar refractivity (Wildman–Crippen MR) is 125 cm³/mol. The van der Waals surface area contributed by atoms with Crippen LogP contribution in [0.1, 0.15) is 0 Å². The summed E-state index contributed by atoms with van der Waals surface area (Å²) in [6.45, 7) is -6.08. The molecular formula is C19H45F3O18. The van der Waals surface area contributed by atoms with E-state index in [2.05, 4.69) is 4.74 Å². The molecule has 0 aliphatic rings. The van der Waals surface area contributed by atoms with Gasteiger partial charge in [-0.05, 0) is 0 Å². The number of carboxylic acid groups (broad SMARTS) is 1. The van der Waals surface area contributed by atoms with Crippen molar-refractivity contribution in [3.05, 3.63) is 0 Å². The second kappa shape index (κ2) is 39.8. The summed E-state index contributed by atoms with van der Waals surface area (Å²) in [7, 11) is 0. The zero-order valence-electron chi connectivity index (χ0n) is 21.5. The van der Waals surface area contributed by atoms with Gasteiger partial charge in [-0.1, -0.05) is 0 Å². The number of hydrogen-bond donors (Lipinski definition) is 16. The van der Waals surface area contributed by atoms with Gasteiger partial charge in [-0.2, -0.15) is 13.2 Å². The van der Waals surface area contributed by atoms with E-state index in [-0.39, 0.29) is 66.1 Å². The number of carboxylic acids is 1. The largest absolute Gasteiger partial charge is 0.480 e. The summed E-state index contributed by atoms with van der Waals surface area (Å²) in [6, 6.07) is 0. The van der Waals surface area contributed by atoms with E-state index >= 15 is 0 Å². The second-order valence-electron chi connectivity index (χ2n) is 6.60. The number of hydrogen-bond acceptors (Lipinski definition) is 17. The molecule has 21 heteroatoms. The Morgan fingerprint density at radius 2 is 0.675 bits per heavy atom. The smallest absolute Gasteiger partial charge is 0.411 e. The first kappa shape index (κ1) is 51.4. The normalized spacial score (nSPS) is 10.4. The Labute approximate surface area is 227 Å². The summed E-state index contributed by atoms with van der Waals surface area (Å²) >= 11 is 0. The van der Waals surface area contributed by atoms with E-state index in [0.717, 1.165) is 0 Å². The van der Waals surface area contributed by atoms with Gasteiger partial charge < -0.3 is 86.4 Å². The second-order valence-corrected chi connectivity index (χ2v) is 6.60. The standard InChI is InChI=1S/C4H5F3O3.5C3H8O3/c5-4(6,7)2-10-1-3(8)9;5*4-1-3(6)2-5/h1-2H2,(H,8,9);5*3-6H,1-2H2. The van der Waals surface area contributed by atoms with Crippen LogP contribution < -0.4 is 0 Å². The zero-order chi connectivity index (χ0) is 33.2. The lowest BCUT2D eigenvalue weighted by atomic mass is 10.4. The van der Waals surface area contributed by atoms with Crippen LogP contribution in [0.2, 0.25) is 0 Å². The van der Waals surface area contributed by atoms with Gasteiger partial charge in [0.05, 0.1) is 66.1 Å². The number of aliphatic hydroxyl groups excluding tert-OH is 15. The molecule has 0 radical (unpaired) electrons. The Morgan fingerprint density at radius 1 is 0.500 bits per heavy atom. The maximum atomic E-state index is 11.2.